The Balaban J connectivity index is 1.52. The van der Waals surface area contributed by atoms with Crippen LogP contribution in [0.5, 0.6) is 5.75 Å². The smallest absolute Gasteiger partial charge is 0.355 e. The van der Waals surface area contributed by atoms with Crippen LogP contribution in [0.4, 0.5) is 0 Å². The number of nitrogens with one attached hydrogen (secondary N) is 1. The van der Waals surface area contributed by atoms with Crippen molar-refractivity contribution in [2.45, 2.75) is 44.8 Å². The van der Waals surface area contributed by atoms with Crippen LogP contribution in [-0.2, 0) is 49.6 Å². The lowest BCUT2D eigenvalue weighted by Crippen LogP contribution is -2.71. The minimum absolute atomic E-state index is 0.0212. The highest BCUT2D eigenvalue weighted by Crippen LogP contribution is 2.41. The number of nitrogens with zero attached hydrogens (tertiary/aromatic N) is 2. The largest absolute Gasteiger partial charge is 0.464 e. The first kappa shape index (κ1) is 32.0. The fourth-order valence-electron chi connectivity index (χ4n) is 4.55. The van der Waals surface area contributed by atoms with Gasteiger partial charge in [-0.15, -0.1) is 11.8 Å². The van der Waals surface area contributed by atoms with Gasteiger partial charge in [0.05, 0.1) is 12.3 Å². The molecule has 1 N–H and O–H groups in total. The summed E-state index contributed by atoms with van der Waals surface area (Å²) < 4.78 is 21.8. The molecule has 3 heterocycles. The zero-order chi connectivity index (χ0) is 32.0. The van der Waals surface area contributed by atoms with Gasteiger partial charge in [-0.2, -0.15) is 0 Å². The minimum Gasteiger partial charge on any atom is -0.464 e. The molecule has 0 aliphatic carbocycles. The Bertz CT molecular complexity index is 1510. The summed E-state index contributed by atoms with van der Waals surface area (Å²) in [4.78, 5) is 88.0. The number of esters is 4. The zero-order valence-corrected chi connectivity index (χ0v) is 24.8. The molecule has 0 radical (unpaired) electrons. The van der Waals surface area contributed by atoms with E-state index in [0.717, 1.165) is 9.47 Å². The zero-order valence-electron chi connectivity index (χ0n) is 24.0. The third-order valence-corrected chi connectivity index (χ3v) is 7.85. The van der Waals surface area contributed by atoms with Gasteiger partial charge < -0.3 is 28.8 Å². The van der Waals surface area contributed by atoms with Crippen molar-refractivity contribution in [3.8, 4) is 5.75 Å². The second-order valence-electron chi connectivity index (χ2n) is 9.55. The molecule has 2 amide bonds. The van der Waals surface area contributed by atoms with Crippen LogP contribution in [0.15, 0.2) is 53.9 Å². The van der Waals surface area contributed by atoms with Crippen molar-refractivity contribution in [3.63, 3.8) is 0 Å². The molecule has 3 atom stereocenters. The molecule has 2 aliphatic rings. The third-order valence-electron chi connectivity index (χ3n) is 6.51. The first-order valence-electron chi connectivity index (χ1n) is 13.4. The highest BCUT2D eigenvalue weighted by atomic mass is 32.2. The van der Waals surface area contributed by atoms with E-state index in [0.29, 0.717) is 23.2 Å². The van der Waals surface area contributed by atoms with Crippen LogP contribution in [-0.4, -0.2) is 81.8 Å². The molecule has 1 aromatic carbocycles. The standard InChI is InChI=1S/C29H29N3O11S/c1-4-40-29(39)24(31-11-5-6-20(31)12-33)25(36)30-22-26(37)32-23(19(14-41-16(2)34)15-44-27(22)32)28(38)42-13-18-7-9-21(10-8-18)43-17(3)35/h5-12,22,24,27H,4,13-15H2,1-3H3,(H,30,36). The Kier molecular flexibility index (Phi) is 10.2. The lowest BCUT2D eigenvalue weighted by Gasteiger charge is -2.49. The summed E-state index contributed by atoms with van der Waals surface area (Å²) in [7, 11) is 0. The van der Waals surface area contributed by atoms with E-state index in [1.54, 1.807) is 19.1 Å². The highest BCUT2D eigenvalue weighted by molar-refractivity contribution is 8.00. The molecule has 1 fully saturated rings. The van der Waals surface area contributed by atoms with Crippen molar-refractivity contribution in [2.24, 2.45) is 0 Å². The van der Waals surface area contributed by atoms with E-state index < -0.39 is 53.1 Å². The van der Waals surface area contributed by atoms with Crippen molar-refractivity contribution in [3.05, 3.63) is 65.1 Å². The molecule has 1 aromatic heterocycles. The molecular weight excluding hydrogens is 598 g/mol. The van der Waals surface area contributed by atoms with Crippen LogP contribution >= 0.6 is 11.8 Å². The van der Waals surface area contributed by atoms with E-state index in [1.807, 2.05) is 0 Å². The molecule has 15 heteroatoms. The highest BCUT2D eigenvalue weighted by Gasteiger charge is 2.55. The van der Waals surface area contributed by atoms with Gasteiger partial charge in [-0.3, -0.25) is 28.9 Å². The first-order valence-corrected chi connectivity index (χ1v) is 14.4. The number of hydrogen-bond acceptors (Lipinski definition) is 12. The lowest BCUT2D eigenvalue weighted by atomic mass is 10.0. The van der Waals surface area contributed by atoms with Gasteiger partial charge in [0, 0.05) is 31.4 Å². The number of aromatic nitrogens is 1. The Labute approximate surface area is 255 Å². The molecule has 0 saturated carbocycles. The van der Waals surface area contributed by atoms with E-state index in [1.165, 1.54) is 56.1 Å². The van der Waals surface area contributed by atoms with Gasteiger partial charge >= 0.3 is 23.9 Å². The monoisotopic (exact) mass is 627 g/mol. The molecule has 2 aromatic rings. The number of β-lactam (4-membered cyclic amide) rings is 1. The topological polar surface area (TPSA) is 177 Å². The van der Waals surface area contributed by atoms with E-state index in [9.17, 15) is 33.6 Å². The average Bonchev–Trinajstić information content (AvgIpc) is 3.45. The maximum Gasteiger partial charge on any atom is 0.355 e. The molecule has 14 nitrogen and oxygen atoms in total. The van der Waals surface area contributed by atoms with Crippen molar-refractivity contribution >= 4 is 53.7 Å². The fourth-order valence-corrected chi connectivity index (χ4v) is 5.88. The van der Waals surface area contributed by atoms with Crippen LogP contribution in [0.25, 0.3) is 0 Å². The first-order chi connectivity index (χ1) is 21.0. The summed E-state index contributed by atoms with van der Waals surface area (Å²) in [6, 6.07) is 6.47. The van der Waals surface area contributed by atoms with E-state index in [2.05, 4.69) is 5.32 Å². The number of ether oxygens (including phenoxy) is 4. The number of aldehydes is 1. The SMILES string of the molecule is CCOC(=O)C(C(=O)NC1C(=O)N2C(C(=O)OCc3ccc(OC(C)=O)cc3)=C(COC(C)=O)CSC12)n1cccc1C=O. The molecule has 0 spiro atoms. The molecule has 3 unspecified atom stereocenters. The molecular formula is C29H29N3O11S. The number of hydrogen-bond donors (Lipinski definition) is 1. The van der Waals surface area contributed by atoms with E-state index >= 15 is 0 Å². The summed E-state index contributed by atoms with van der Waals surface area (Å²) >= 11 is 1.22. The summed E-state index contributed by atoms with van der Waals surface area (Å²) in [6.07, 6.45) is 1.85. The number of benzene rings is 1. The molecule has 232 valence electrons. The number of carbonyl (C=O) groups is 7. The Hall–Kier alpha value is -4.92. The van der Waals surface area contributed by atoms with Gasteiger partial charge in [-0.05, 0) is 36.8 Å². The van der Waals surface area contributed by atoms with Crippen molar-refractivity contribution in [1.82, 2.24) is 14.8 Å². The van der Waals surface area contributed by atoms with Gasteiger partial charge in [-0.1, -0.05) is 12.1 Å². The van der Waals surface area contributed by atoms with Crippen LogP contribution in [0.1, 0.15) is 42.9 Å². The number of thioether (sulfide) groups is 1. The normalized spacial score (nSPS) is 17.9. The van der Waals surface area contributed by atoms with Crippen molar-refractivity contribution < 1.29 is 52.5 Å². The van der Waals surface area contributed by atoms with Crippen molar-refractivity contribution in [2.75, 3.05) is 19.0 Å². The van der Waals surface area contributed by atoms with Crippen LogP contribution in [0, 0.1) is 0 Å². The predicted octanol–water partition coefficient (Wildman–Crippen LogP) is 1.29. The predicted molar refractivity (Wildman–Crippen MR) is 152 cm³/mol. The van der Waals surface area contributed by atoms with E-state index in [-0.39, 0.29) is 37.0 Å². The molecule has 2 aliphatic heterocycles. The quantitative estimate of drug-likeness (QED) is 0.0892. The molecule has 1 saturated heterocycles. The summed E-state index contributed by atoms with van der Waals surface area (Å²) in [5, 5.41) is 1.82. The van der Waals surface area contributed by atoms with Gasteiger partial charge in [-0.25, -0.2) is 9.59 Å². The van der Waals surface area contributed by atoms with Gasteiger partial charge in [0.1, 0.15) is 36.1 Å². The van der Waals surface area contributed by atoms with Crippen molar-refractivity contribution in [1.29, 1.82) is 0 Å². The Morgan fingerprint density at radius 1 is 1.02 bits per heavy atom. The molecule has 0 bridgehead atoms. The summed E-state index contributed by atoms with van der Waals surface area (Å²) in [5.74, 6) is -3.89. The third kappa shape index (κ3) is 6.99. The Morgan fingerprint density at radius 3 is 2.39 bits per heavy atom. The average molecular weight is 628 g/mol. The van der Waals surface area contributed by atoms with E-state index in [4.69, 9.17) is 18.9 Å². The number of carbonyl (C=O) groups excluding carboxylic acids is 7. The maximum absolute atomic E-state index is 13.4. The second-order valence-corrected chi connectivity index (χ2v) is 10.7. The van der Waals surface area contributed by atoms with Crippen LogP contribution < -0.4 is 10.1 Å². The van der Waals surface area contributed by atoms with Gasteiger partial charge in [0.2, 0.25) is 6.04 Å². The van der Waals surface area contributed by atoms with Crippen LogP contribution in [0.2, 0.25) is 0 Å². The maximum atomic E-state index is 13.4. The second kappa shape index (κ2) is 14.0. The number of rotatable bonds is 12. The number of amides is 2. The fraction of sp³-hybridized carbons (Fsp3) is 0.345. The molecule has 44 heavy (non-hydrogen) atoms. The molecule has 4 rings (SSSR count). The lowest BCUT2D eigenvalue weighted by molar-refractivity contribution is -0.156. The minimum atomic E-state index is -1.58. The van der Waals surface area contributed by atoms with Gasteiger partial charge in [0.25, 0.3) is 11.8 Å². The summed E-state index contributed by atoms with van der Waals surface area (Å²) in [5.41, 5.74) is 0.846. The number of fused-ring (bicyclic) bond motifs is 1. The van der Waals surface area contributed by atoms with Gasteiger partial charge in [0.15, 0.2) is 6.29 Å². The Morgan fingerprint density at radius 2 is 1.75 bits per heavy atom. The van der Waals surface area contributed by atoms with Crippen LogP contribution in [0.3, 0.4) is 0 Å². The summed E-state index contributed by atoms with van der Waals surface area (Å²) in [6.45, 7) is 3.58.